The molecule has 0 spiro atoms. The van der Waals surface area contributed by atoms with Gasteiger partial charge in [0.25, 0.3) is 0 Å². The molecule has 0 bridgehead atoms. The Morgan fingerprint density at radius 2 is 1.04 bits per heavy atom. The molecule has 0 saturated carbocycles. The summed E-state index contributed by atoms with van der Waals surface area (Å²) in [7, 11) is 0. The highest BCUT2D eigenvalue weighted by atomic mass is 16.3. The molecule has 0 unspecified atom stereocenters. The summed E-state index contributed by atoms with van der Waals surface area (Å²) in [6.07, 6.45) is 10.3. The van der Waals surface area contributed by atoms with Gasteiger partial charge >= 0.3 is 6.85 Å². The molecule has 12 rings (SSSR count). The fraction of sp³-hybridized carbons (Fsp3) is 0.194. The number of aryl methyl sites for hydroxylation is 4. The number of furan rings is 1. The quantitative estimate of drug-likeness (QED) is 0.0956. The molecule has 0 atom stereocenters. The summed E-state index contributed by atoms with van der Waals surface area (Å²) in [5.74, 6) is 0. The van der Waals surface area contributed by atoms with Crippen LogP contribution in [-0.2, 0) is 19.3 Å². The van der Waals surface area contributed by atoms with E-state index in [4.69, 9.17) is 4.42 Å². The van der Waals surface area contributed by atoms with Crippen molar-refractivity contribution in [2.45, 2.75) is 85.5 Å². The van der Waals surface area contributed by atoms with Crippen molar-refractivity contribution in [3.8, 4) is 22.3 Å². The lowest BCUT2D eigenvalue weighted by molar-refractivity contribution is 0.669. The number of hydrogen-bond donors (Lipinski definition) is 0. The first-order valence-electron chi connectivity index (χ1n) is 26.5. The highest BCUT2D eigenvalue weighted by molar-refractivity contribution is 6.93. The minimum absolute atomic E-state index is 0.183. The minimum atomic E-state index is -0.183. The Balaban J connectivity index is 1.15. The van der Waals surface area contributed by atoms with Crippen LogP contribution in [0.4, 0.5) is 45.5 Å². The van der Waals surface area contributed by atoms with Crippen LogP contribution in [0.25, 0.3) is 44.2 Å². The lowest BCUT2D eigenvalue weighted by Crippen LogP contribution is -2.61. The van der Waals surface area contributed by atoms with E-state index >= 15 is 0 Å². The number of hydrogen-bond acceptors (Lipinski definition) is 4. The maximum absolute atomic E-state index is 6.72. The first-order valence-corrected chi connectivity index (χ1v) is 26.5. The second kappa shape index (κ2) is 19.4. The molecule has 5 heteroatoms. The Labute approximate surface area is 426 Å². The van der Waals surface area contributed by atoms with Crippen LogP contribution in [0.3, 0.4) is 0 Å². The summed E-state index contributed by atoms with van der Waals surface area (Å²) in [4.78, 5) is 7.68. The first kappa shape index (κ1) is 45.4. The summed E-state index contributed by atoms with van der Waals surface area (Å²) < 4.78 is 6.72. The molecule has 9 aromatic carbocycles. The van der Waals surface area contributed by atoms with Crippen LogP contribution < -0.4 is 25.5 Å². The summed E-state index contributed by atoms with van der Waals surface area (Å²) in [6, 6.07) is 73.3. The van der Waals surface area contributed by atoms with Crippen LogP contribution >= 0.6 is 0 Å². The predicted octanol–water partition coefficient (Wildman–Crippen LogP) is 17.8. The van der Waals surface area contributed by atoms with Crippen LogP contribution in [0.5, 0.6) is 0 Å². The number of para-hydroxylation sites is 2. The summed E-state index contributed by atoms with van der Waals surface area (Å²) in [6.45, 7) is 8.91. The Kier molecular flexibility index (Phi) is 12.3. The van der Waals surface area contributed by atoms with Gasteiger partial charge in [0.2, 0.25) is 0 Å². The average Bonchev–Trinajstić information content (AvgIpc) is 3.80. The van der Waals surface area contributed by atoms with Gasteiger partial charge < -0.3 is 19.0 Å². The number of benzene rings is 9. The van der Waals surface area contributed by atoms with Crippen LogP contribution in [0.15, 0.2) is 199 Å². The summed E-state index contributed by atoms with van der Waals surface area (Å²) in [5.41, 5.74) is 23.9. The highest BCUT2D eigenvalue weighted by Crippen LogP contribution is 2.51. The summed E-state index contributed by atoms with van der Waals surface area (Å²) >= 11 is 0. The highest BCUT2D eigenvalue weighted by Gasteiger charge is 2.46. The zero-order valence-electron chi connectivity index (χ0n) is 42.2. The van der Waals surface area contributed by atoms with Crippen LogP contribution in [-0.4, -0.2) is 6.85 Å². The molecule has 354 valence electrons. The SMILES string of the molecule is CCCCc1ccc(N(c2ccc(CCCC)cc2)c2ccc3c(c2)B2c4c(cc(C)cc4N3c3ccc(CCCC)cc3-c3ccccc3)-c3cc4c(cc3N2c2ccccc2)oc2ccccc24)cc1. The van der Waals surface area contributed by atoms with Gasteiger partial charge in [-0.1, -0.05) is 143 Å². The first-order chi connectivity index (χ1) is 35.5. The number of rotatable bonds is 15. The van der Waals surface area contributed by atoms with Gasteiger partial charge in [-0.05, 0) is 175 Å². The molecule has 0 fully saturated rings. The van der Waals surface area contributed by atoms with Gasteiger partial charge in [0.15, 0.2) is 0 Å². The van der Waals surface area contributed by atoms with Gasteiger partial charge in [-0.15, -0.1) is 0 Å². The van der Waals surface area contributed by atoms with E-state index in [1.54, 1.807) is 0 Å². The molecule has 1 aromatic heterocycles. The van der Waals surface area contributed by atoms with E-state index in [1.165, 1.54) is 98.2 Å². The van der Waals surface area contributed by atoms with E-state index in [-0.39, 0.29) is 6.85 Å². The molecule has 0 saturated heterocycles. The van der Waals surface area contributed by atoms with E-state index in [9.17, 15) is 0 Å². The van der Waals surface area contributed by atoms with E-state index in [0.717, 1.165) is 82.5 Å². The molecule has 72 heavy (non-hydrogen) atoms. The van der Waals surface area contributed by atoms with Gasteiger partial charge in [0.1, 0.15) is 11.2 Å². The third-order valence-corrected chi connectivity index (χ3v) is 15.2. The monoisotopic (exact) mass is 935 g/mol. The second-order valence-electron chi connectivity index (χ2n) is 20.1. The molecule has 0 radical (unpaired) electrons. The smallest absolute Gasteiger partial charge is 0.333 e. The minimum Gasteiger partial charge on any atom is -0.456 e. The maximum atomic E-state index is 6.72. The van der Waals surface area contributed by atoms with Gasteiger partial charge in [-0.3, -0.25) is 0 Å². The van der Waals surface area contributed by atoms with Crippen molar-refractivity contribution in [1.82, 2.24) is 0 Å². The van der Waals surface area contributed by atoms with Crippen LogP contribution in [0.1, 0.15) is 81.5 Å². The van der Waals surface area contributed by atoms with Crippen molar-refractivity contribution in [1.29, 1.82) is 0 Å². The number of anilines is 8. The molecule has 4 nitrogen and oxygen atoms in total. The molecule has 0 amide bonds. The van der Waals surface area contributed by atoms with Crippen molar-refractivity contribution in [2.24, 2.45) is 0 Å². The predicted molar refractivity (Wildman–Crippen MR) is 308 cm³/mol. The molecule has 0 aliphatic carbocycles. The number of nitrogens with zero attached hydrogens (tertiary/aromatic N) is 3. The van der Waals surface area contributed by atoms with Gasteiger partial charge in [-0.2, -0.15) is 0 Å². The molecule has 2 aliphatic rings. The van der Waals surface area contributed by atoms with Crippen molar-refractivity contribution < 1.29 is 4.42 Å². The molecular weight excluding hydrogens is 874 g/mol. The fourth-order valence-electron chi connectivity index (χ4n) is 11.6. The topological polar surface area (TPSA) is 22.9 Å². The molecule has 2 aliphatic heterocycles. The third-order valence-electron chi connectivity index (χ3n) is 15.2. The Morgan fingerprint density at radius 3 is 1.72 bits per heavy atom. The Hall–Kier alpha value is -7.76. The number of unbranched alkanes of at least 4 members (excludes halogenated alkanes) is 3. The van der Waals surface area contributed by atoms with Crippen LogP contribution in [0.2, 0.25) is 0 Å². The number of fused-ring (bicyclic) bond motifs is 7. The zero-order chi connectivity index (χ0) is 48.7. The Bertz CT molecular complexity index is 3510. The van der Waals surface area contributed by atoms with Crippen molar-refractivity contribution in [3.63, 3.8) is 0 Å². The van der Waals surface area contributed by atoms with Gasteiger partial charge in [0, 0.05) is 67.8 Å². The van der Waals surface area contributed by atoms with E-state index < -0.39 is 0 Å². The molecule has 3 heterocycles. The fourth-order valence-corrected chi connectivity index (χ4v) is 11.6. The largest absolute Gasteiger partial charge is 0.456 e. The normalized spacial score (nSPS) is 12.6. The maximum Gasteiger partial charge on any atom is 0.333 e. The van der Waals surface area contributed by atoms with E-state index in [0.29, 0.717) is 0 Å². The van der Waals surface area contributed by atoms with E-state index in [2.05, 4.69) is 236 Å². The standard InChI is InChI=1S/C67H62BN3O/c1-5-8-19-47-28-33-51(34-29-47)69(52-35-30-48(31-36-52)20-9-6-2)54-37-39-62-60(43-54)68-67-59(57-44-58-55-26-17-18-27-65(55)72-66(58)45-63(57)71(68)53-24-15-12-16-25-53)40-46(4)41-64(67)70(62)61-38-32-49(21-10-7-3)42-56(61)50-22-13-11-14-23-50/h11-18,22-45H,5-10,19-21H2,1-4H3. The van der Waals surface area contributed by atoms with Crippen molar-refractivity contribution >= 4 is 85.2 Å². The lowest BCUT2D eigenvalue weighted by Gasteiger charge is -2.46. The van der Waals surface area contributed by atoms with Crippen LogP contribution in [0, 0.1) is 6.92 Å². The molecule has 0 N–H and O–H groups in total. The van der Waals surface area contributed by atoms with Gasteiger partial charge in [0.05, 0.1) is 5.69 Å². The van der Waals surface area contributed by atoms with E-state index in [1.807, 2.05) is 0 Å². The third kappa shape index (κ3) is 8.15. The molecule has 10 aromatic rings. The van der Waals surface area contributed by atoms with Crippen molar-refractivity contribution in [2.75, 3.05) is 14.6 Å². The average molecular weight is 936 g/mol. The second-order valence-corrected chi connectivity index (χ2v) is 20.1. The Morgan fingerprint density at radius 1 is 0.444 bits per heavy atom. The summed E-state index contributed by atoms with van der Waals surface area (Å²) in [5, 5.41) is 2.27. The van der Waals surface area contributed by atoms with Gasteiger partial charge in [-0.25, -0.2) is 0 Å². The van der Waals surface area contributed by atoms with Crippen molar-refractivity contribution in [3.05, 3.63) is 216 Å². The lowest BCUT2D eigenvalue weighted by atomic mass is 9.43. The zero-order valence-corrected chi connectivity index (χ0v) is 42.2. The molecular formula is C67H62BN3O.